The van der Waals surface area contributed by atoms with Crippen LogP contribution in [0.1, 0.15) is 266 Å². The highest BCUT2D eigenvalue weighted by Gasteiger charge is 2.08. The number of hydrazone groups is 1. The molecule has 3 N–H and O–H groups in total. The van der Waals surface area contributed by atoms with E-state index >= 15 is 0 Å². The fourth-order valence-electron chi connectivity index (χ4n) is 7.56. The predicted octanol–water partition coefficient (Wildman–Crippen LogP) is 16.1. The summed E-state index contributed by atoms with van der Waals surface area (Å²) in [6, 6.07) is 0. The number of hydrogen-bond acceptors (Lipinski definition) is 7. The molecule has 0 aliphatic carbocycles. The summed E-state index contributed by atoms with van der Waals surface area (Å²) in [5.74, 6) is 0. The van der Waals surface area contributed by atoms with Gasteiger partial charge in [0.05, 0.1) is 12.4 Å². The molecule has 63 heavy (non-hydrogen) atoms. The first kappa shape index (κ1) is 70.4. The quantitative estimate of drug-likeness (QED) is 0.0141. The fraction of sp³-hybridized carbons (Fsp3) is 0.911. The minimum Gasteiger partial charge on any atom is -0.498 e. The molecule has 0 spiro atoms. The third kappa shape index (κ3) is 75.0. The fourth-order valence-corrected chi connectivity index (χ4v) is 7.56. The van der Waals surface area contributed by atoms with Crippen LogP contribution in [0.2, 0.25) is 0 Å². The highest BCUT2D eigenvalue weighted by Crippen LogP contribution is 2.18. The Balaban J connectivity index is -0.000000321. The van der Waals surface area contributed by atoms with E-state index in [2.05, 4.69) is 100.0 Å². The molecule has 0 rings (SSSR count). The number of unbranched alkanes of at least 4 members (excludes halogenated alkanes) is 28. The number of aliphatic hydroxyl groups excluding tert-OH is 1. The highest BCUT2D eigenvalue weighted by molar-refractivity contribution is 5.22. The molecule has 0 aliphatic rings. The Morgan fingerprint density at radius 1 is 0.524 bits per heavy atom. The van der Waals surface area contributed by atoms with Gasteiger partial charge in [0.1, 0.15) is 0 Å². The topological polar surface area (TPSA) is 72.4 Å². The lowest BCUT2D eigenvalue weighted by Crippen LogP contribution is -2.32. The predicted molar refractivity (Wildman–Crippen MR) is 288 cm³/mol. The first-order valence-corrected chi connectivity index (χ1v) is 27.3. The molecule has 0 bridgehead atoms. The van der Waals surface area contributed by atoms with E-state index in [4.69, 9.17) is 9.84 Å². The molecule has 0 atom stereocenters. The molecule has 0 aliphatic heterocycles. The molecule has 0 amide bonds. The van der Waals surface area contributed by atoms with Crippen LogP contribution < -0.4 is 10.7 Å². The summed E-state index contributed by atoms with van der Waals surface area (Å²) in [4.78, 5) is 4.97. The standard InChI is InChI=1S/C30H65N3.C21H42O.C2H6N2.C2H2.CH4O/c1-5-7-9-11-13-14-15-16-17-18-19-20-22-24-28-33(27-23-21-12-10-8-6-2)29-25-26-31-30-32(3)4;1-4-7-10-12-14-16-18-21(22-20-9-6-3)19-17-15-13-11-8-5-2;1-3-4-2;2*1-2/h31H,5-30H2,1-4H3;9,20-21H,4-8,10-19H2,1-3H3;4H,1H2,2H3;1-2H;2H,1H3. The van der Waals surface area contributed by atoms with Crippen LogP contribution >= 0.6 is 0 Å². The van der Waals surface area contributed by atoms with Gasteiger partial charge in [0.25, 0.3) is 0 Å². The lowest BCUT2D eigenvalue weighted by atomic mass is 10.0. The molecule has 380 valence electrons. The van der Waals surface area contributed by atoms with E-state index in [0.29, 0.717) is 6.10 Å². The van der Waals surface area contributed by atoms with Gasteiger partial charge in [0.15, 0.2) is 0 Å². The zero-order valence-corrected chi connectivity index (χ0v) is 44.8. The van der Waals surface area contributed by atoms with Gasteiger partial charge in [-0.15, -0.1) is 12.8 Å². The largest absolute Gasteiger partial charge is 0.498 e. The second-order valence-corrected chi connectivity index (χ2v) is 17.8. The lowest BCUT2D eigenvalue weighted by Gasteiger charge is -2.23. The molecule has 7 heteroatoms. The minimum absolute atomic E-state index is 0.458. The van der Waals surface area contributed by atoms with Gasteiger partial charge in [-0.2, -0.15) is 5.10 Å². The van der Waals surface area contributed by atoms with Crippen molar-refractivity contribution in [3.05, 3.63) is 12.3 Å². The van der Waals surface area contributed by atoms with E-state index in [1.54, 1.807) is 7.05 Å². The highest BCUT2D eigenvalue weighted by atomic mass is 16.5. The van der Waals surface area contributed by atoms with Crippen LogP contribution in [0.15, 0.2) is 17.4 Å². The van der Waals surface area contributed by atoms with E-state index in [0.717, 1.165) is 26.7 Å². The number of terminal acetylenes is 1. The molecular weight excluding hydrogens is 775 g/mol. The van der Waals surface area contributed by atoms with Gasteiger partial charge in [-0.25, -0.2) is 0 Å². The van der Waals surface area contributed by atoms with Crippen LogP contribution in [0.5, 0.6) is 0 Å². The van der Waals surface area contributed by atoms with Crippen molar-refractivity contribution in [1.82, 2.24) is 20.5 Å². The number of ether oxygens (including phenoxy) is 1. The van der Waals surface area contributed by atoms with E-state index in [1.807, 2.05) is 6.26 Å². The SMILES string of the molecule is C#C.C=NNC.CCC=COC(CCCCCCCC)CCCCCCCC.CCCCCCCCCCCCCCCCN(CCCCCCCC)CCCNCN(C)C.CO. The van der Waals surface area contributed by atoms with E-state index in [1.165, 1.54) is 244 Å². The maximum Gasteiger partial charge on any atom is 0.0978 e. The Kier molecular flexibility index (Phi) is 80.5. The molecule has 0 unspecified atom stereocenters. The van der Waals surface area contributed by atoms with Crippen molar-refractivity contribution in [2.24, 2.45) is 5.10 Å². The summed E-state index contributed by atoms with van der Waals surface area (Å²) in [5, 5.41) is 13.8. The van der Waals surface area contributed by atoms with Gasteiger partial charge in [0, 0.05) is 27.5 Å². The Labute approximate surface area is 399 Å². The molecule has 0 saturated carbocycles. The average Bonchev–Trinajstić information content (AvgIpc) is 3.30. The summed E-state index contributed by atoms with van der Waals surface area (Å²) >= 11 is 0. The molecule has 0 radical (unpaired) electrons. The van der Waals surface area contributed by atoms with Crippen molar-refractivity contribution < 1.29 is 9.84 Å². The number of hydrogen-bond donors (Lipinski definition) is 3. The molecule has 0 saturated heterocycles. The summed E-state index contributed by atoms with van der Waals surface area (Å²) in [7, 11) is 6.97. The van der Waals surface area contributed by atoms with Crippen LogP contribution in [0.4, 0.5) is 0 Å². The van der Waals surface area contributed by atoms with Gasteiger partial charge < -0.3 is 25.5 Å². The number of aliphatic hydroxyl groups is 1. The number of nitrogens with zero attached hydrogens (tertiary/aromatic N) is 3. The molecule has 0 aromatic heterocycles. The van der Waals surface area contributed by atoms with Crippen molar-refractivity contribution in [3.63, 3.8) is 0 Å². The van der Waals surface area contributed by atoms with Crippen molar-refractivity contribution in [1.29, 1.82) is 0 Å². The van der Waals surface area contributed by atoms with Crippen LogP contribution in [0, 0.1) is 12.8 Å². The van der Waals surface area contributed by atoms with Gasteiger partial charge in [-0.1, -0.05) is 220 Å². The third-order valence-electron chi connectivity index (χ3n) is 11.4. The minimum atomic E-state index is 0.458. The van der Waals surface area contributed by atoms with E-state index in [-0.39, 0.29) is 0 Å². The van der Waals surface area contributed by atoms with Crippen molar-refractivity contribution in [3.8, 4) is 12.8 Å². The Morgan fingerprint density at radius 3 is 1.13 bits per heavy atom. The average molecular weight is 895 g/mol. The summed E-state index contributed by atoms with van der Waals surface area (Å²) in [6.45, 7) is 20.5. The van der Waals surface area contributed by atoms with Crippen LogP contribution in [0.25, 0.3) is 0 Å². The maximum absolute atomic E-state index is 7.00. The van der Waals surface area contributed by atoms with E-state index < -0.39 is 0 Å². The van der Waals surface area contributed by atoms with Gasteiger partial charge in [-0.3, -0.25) is 4.90 Å². The van der Waals surface area contributed by atoms with Crippen molar-refractivity contribution in [2.45, 2.75) is 272 Å². The molecule has 0 aromatic carbocycles. The Bertz CT molecular complexity index is 777. The summed E-state index contributed by atoms with van der Waals surface area (Å²) < 4.78 is 5.96. The van der Waals surface area contributed by atoms with Gasteiger partial charge >= 0.3 is 0 Å². The molecule has 7 nitrogen and oxygen atoms in total. The van der Waals surface area contributed by atoms with Crippen LogP contribution in [-0.4, -0.2) is 88.8 Å². The first-order chi connectivity index (χ1) is 31.0. The van der Waals surface area contributed by atoms with Gasteiger partial charge in [-0.05, 0) is 91.6 Å². The van der Waals surface area contributed by atoms with Crippen LogP contribution in [0.3, 0.4) is 0 Å². The zero-order valence-electron chi connectivity index (χ0n) is 44.8. The maximum atomic E-state index is 7.00. The monoisotopic (exact) mass is 894 g/mol. The Morgan fingerprint density at radius 2 is 0.825 bits per heavy atom. The number of nitrogens with one attached hydrogen (secondary N) is 2. The molecule has 0 fully saturated rings. The Hall–Kier alpha value is -1.59. The van der Waals surface area contributed by atoms with Crippen molar-refractivity contribution >= 4 is 6.72 Å². The van der Waals surface area contributed by atoms with E-state index in [9.17, 15) is 0 Å². The second kappa shape index (κ2) is 72.0. The summed E-state index contributed by atoms with van der Waals surface area (Å²) in [5.41, 5.74) is 2.44. The molecule has 0 aromatic rings. The zero-order chi connectivity index (χ0) is 48.0. The smallest absolute Gasteiger partial charge is 0.0978 e. The lowest BCUT2D eigenvalue weighted by molar-refractivity contribution is 0.120. The molecular formula is C56H119N5O2. The number of rotatable bonds is 46. The first-order valence-electron chi connectivity index (χ1n) is 27.3. The number of allylic oxidation sites excluding steroid dienone is 1. The van der Waals surface area contributed by atoms with Crippen molar-refractivity contribution in [2.75, 3.05) is 61.1 Å². The third-order valence-corrected chi connectivity index (χ3v) is 11.4. The molecule has 0 heterocycles. The van der Waals surface area contributed by atoms with Gasteiger partial charge in [0.2, 0.25) is 0 Å². The van der Waals surface area contributed by atoms with Crippen LogP contribution in [-0.2, 0) is 4.74 Å². The normalized spacial score (nSPS) is 10.7. The second-order valence-electron chi connectivity index (χ2n) is 17.8. The summed E-state index contributed by atoms with van der Waals surface area (Å²) in [6.07, 6.45) is 62.7.